The number of nitrogens with zero attached hydrogens (tertiary/aromatic N) is 1. The predicted octanol–water partition coefficient (Wildman–Crippen LogP) is 4.41. The minimum atomic E-state index is -0.0466. The van der Waals surface area contributed by atoms with E-state index < -0.39 is 0 Å². The molecule has 1 N–H and O–H groups in total. The second kappa shape index (κ2) is 5.57. The van der Waals surface area contributed by atoms with Gasteiger partial charge >= 0.3 is 0 Å². The maximum Gasteiger partial charge on any atom is 0.228 e. The van der Waals surface area contributed by atoms with Crippen LogP contribution in [0.25, 0.3) is 21.9 Å². The van der Waals surface area contributed by atoms with Crippen molar-refractivity contribution in [3.8, 4) is 0 Å². The third-order valence-corrected chi connectivity index (χ3v) is 4.36. The summed E-state index contributed by atoms with van der Waals surface area (Å²) in [5.74, 6) is -0.0466. The number of carbonyl (C=O) groups is 1. The van der Waals surface area contributed by atoms with Crippen LogP contribution >= 0.6 is 0 Å². The topological polar surface area (TPSA) is 47.2 Å². The van der Waals surface area contributed by atoms with Crippen LogP contribution in [0.15, 0.2) is 59.3 Å². The average Bonchev–Trinajstić information content (AvgIpc) is 3.12. The number of fused-ring (bicyclic) bond motifs is 2. The smallest absolute Gasteiger partial charge is 0.228 e. The van der Waals surface area contributed by atoms with E-state index in [1.807, 2.05) is 67.2 Å². The Labute approximate surface area is 139 Å². The summed E-state index contributed by atoms with van der Waals surface area (Å²) in [5.41, 5.74) is 4.80. The highest BCUT2D eigenvalue weighted by Crippen LogP contribution is 2.25. The number of furan rings is 1. The Morgan fingerprint density at radius 2 is 2.04 bits per heavy atom. The number of aryl methyl sites for hydroxylation is 2. The molecular weight excluding hydrogens is 300 g/mol. The van der Waals surface area contributed by atoms with Crippen molar-refractivity contribution in [2.24, 2.45) is 7.05 Å². The van der Waals surface area contributed by atoms with Crippen molar-refractivity contribution in [1.29, 1.82) is 0 Å². The van der Waals surface area contributed by atoms with E-state index in [0.717, 1.165) is 38.7 Å². The van der Waals surface area contributed by atoms with Crippen LogP contribution in [0.5, 0.6) is 0 Å². The molecule has 0 atom stereocenters. The van der Waals surface area contributed by atoms with Gasteiger partial charge < -0.3 is 14.3 Å². The van der Waals surface area contributed by atoms with Crippen LogP contribution in [0.2, 0.25) is 0 Å². The van der Waals surface area contributed by atoms with Gasteiger partial charge in [0.2, 0.25) is 5.91 Å². The summed E-state index contributed by atoms with van der Waals surface area (Å²) in [6, 6.07) is 14.0. The van der Waals surface area contributed by atoms with Crippen LogP contribution < -0.4 is 5.32 Å². The average molecular weight is 318 g/mol. The van der Waals surface area contributed by atoms with E-state index in [1.165, 1.54) is 0 Å². The van der Waals surface area contributed by atoms with Crippen LogP contribution in [0, 0.1) is 6.92 Å². The molecule has 4 aromatic rings. The summed E-state index contributed by atoms with van der Waals surface area (Å²) >= 11 is 0. The van der Waals surface area contributed by atoms with Crippen molar-refractivity contribution in [2.45, 2.75) is 13.3 Å². The highest BCUT2D eigenvalue weighted by molar-refractivity contribution is 6.03. The van der Waals surface area contributed by atoms with Gasteiger partial charge in [-0.1, -0.05) is 18.2 Å². The van der Waals surface area contributed by atoms with Gasteiger partial charge in [0.05, 0.1) is 18.4 Å². The third-order valence-electron chi connectivity index (χ3n) is 4.36. The number of hydrogen-bond donors (Lipinski definition) is 1. The fourth-order valence-electron chi connectivity index (χ4n) is 3.11. The molecule has 4 nitrogen and oxygen atoms in total. The zero-order valence-corrected chi connectivity index (χ0v) is 13.7. The van der Waals surface area contributed by atoms with E-state index in [1.54, 1.807) is 6.26 Å². The van der Waals surface area contributed by atoms with Crippen LogP contribution in [0.1, 0.15) is 11.1 Å². The van der Waals surface area contributed by atoms with E-state index >= 15 is 0 Å². The highest BCUT2D eigenvalue weighted by Gasteiger charge is 2.12. The first-order valence-corrected chi connectivity index (χ1v) is 7.92. The summed E-state index contributed by atoms with van der Waals surface area (Å²) < 4.78 is 7.61. The molecular formula is C20H18N2O2. The van der Waals surface area contributed by atoms with Gasteiger partial charge in [0.25, 0.3) is 0 Å². The minimum absolute atomic E-state index is 0.0466. The summed E-state index contributed by atoms with van der Waals surface area (Å²) in [6.45, 7) is 2.02. The van der Waals surface area contributed by atoms with Crippen LogP contribution in [0.3, 0.4) is 0 Å². The fourth-order valence-corrected chi connectivity index (χ4v) is 3.11. The molecule has 0 saturated heterocycles. The number of benzene rings is 2. The van der Waals surface area contributed by atoms with E-state index in [0.29, 0.717) is 6.42 Å². The summed E-state index contributed by atoms with van der Waals surface area (Å²) in [7, 11) is 1.99. The lowest BCUT2D eigenvalue weighted by molar-refractivity contribution is -0.115. The van der Waals surface area contributed by atoms with E-state index in [2.05, 4.69) is 5.32 Å². The van der Waals surface area contributed by atoms with Gasteiger partial charge in [-0.15, -0.1) is 0 Å². The van der Waals surface area contributed by atoms with Gasteiger partial charge in [-0.05, 0) is 36.8 Å². The number of anilines is 1. The predicted molar refractivity (Wildman–Crippen MR) is 96.2 cm³/mol. The van der Waals surface area contributed by atoms with Crippen molar-refractivity contribution < 1.29 is 9.21 Å². The molecule has 24 heavy (non-hydrogen) atoms. The number of amides is 1. The molecule has 0 radical (unpaired) electrons. The van der Waals surface area contributed by atoms with Gasteiger partial charge in [-0.3, -0.25) is 4.79 Å². The van der Waals surface area contributed by atoms with Gasteiger partial charge in [-0.25, -0.2) is 0 Å². The number of carbonyl (C=O) groups excluding carboxylic acids is 1. The maximum atomic E-state index is 12.5. The Morgan fingerprint density at radius 1 is 1.17 bits per heavy atom. The van der Waals surface area contributed by atoms with E-state index in [-0.39, 0.29) is 5.91 Å². The van der Waals surface area contributed by atoms with Gasteiger partial charge in [0.15, 0.2) is 0 Å². The Kier molecular flexibility index (Phi) is 3.38. The van der Waals surface area contributed by atoms with Crippen LogP contribution in [0.4, 0.5) is 5.69 Å². The van der Waals surface area contributed by atoms with Gasteiger partial charge in [0.1, 0.15) is 5.58 Å². The molecule has 0 fully saturated rings. The normalized spacial score (nSPS) is 11.2. The Bertz CT molecular complexity index is 1060. The van der Waals surface area contributed by atoms with Crippen molar-refractivity contribution in [2.75, 3.05) is 5.32 Å². The molecule has 1 amide bonds. The molecule has 120 valence electrons. The third kappa shape index (κ3) is 2.46. The standard InChI is InChI=1S/C20H18N2O2/c1-13-6-7-15-14(12-24-19(15)10-13)11-20(23)21-17-4-3-5-18-16(17)8-9-22(18)2/h3-10,12H,11H2,1-2H3,(H,21,23). The highest BCUT2D eigenvalue weighted by atomic mass is 16.3. The molecule has 2 aromatic heterocycles. The molecule has 0 saturated carbocycles. The zero-order chi connectivity index (χ0) is 16.7. The molecule has 0 aliphatic carbocycles. The van der Waals surface area contributed by atoms with Crippen LogP contribution in [-0.4, -0.2) is 10.5 Å². The van der Waals surface area contributed by atoms with Crippen molar-refractivity contribution in [1.82, 2.24) is 4.57 Å². The second-order valence-electron chi connectivity index (χ2n) is 6.15. The van der Waals surface area contributed by atoms with Crippen LogP contribution in [-0.2, 0) is 18.3 Å². The Balaban J connectivity index is 1.59. The summed E-state index contributed by atoms with van der Waals surface area (Å²) in [6.07, 6.45) is 3.96. The number of hydrogen-bond acceptors (Lipinski definition) is 2. The maximum absolute atomic E-state index is 12.5. The number of rotatable bonds is 3. The molecule has 0 aliphatic heterocycles. The van der Waals surface area contributed by atoms with Crippen molar-refractivity contribution >= 4 is 33.5 Å². The van der Waals surface area contributed by atoms with Gasteiger partial charge in [-0.2, -0.15) is 0 Å². The second-order valence-corrected chi connectivity index (χ2v) is 6.15. The quantitative estimate of drug-likeness (QED) is 0.608. The number of nitrogens with one attached hydrogen (secondary N) is 1. The van der Waals surface area contributed by atoms with Gasteiger partial charge in [0, 0.05) is 35.1 Å². The summed E-state index contributed by atoms with van der Waals surface area (Å²) in [4.78, 5) is 12.5. The van der Waals surface area contributed by atoms with Crippen molar-refractivity contribution in [3.05, 3.63) is 66.1 Å². The lowest BCUT2D eigenvalue weighted by atomic mass is 10.1. The molecule has 0 aliphatic rings. The first kappa shape index (κ1) is 14.6. The molecule has 0 bridgehead atoms. The van der Waals surface area contributed by atoms with Crippen molar-refractivity contribution in [3.63, 3.8) is 0 Å². The SMILES string of the molecule is Cc1ccc2c(CC(=O)Nc3cccc4c3ccn4C)coc2c1. The largest absolute Gasteiger partial charge is 0.464 e. The molecule has 2 aromatic carbocycles. The Hall–Kier alpha value is -3.01. The summed E-state index contributed by atoms with van der Waals surface area (Å²) in [5, 5.41) is 5.06. The lowest BCUT2D eigenvalue weighted by Gasteiger charge is -2.07. The minimum Gasteiger partial charge on any atom is -0.464 e. The number of aromatic nitrogens is 1. The lowest BCUT2D eigenvalue weighted by Crippen LogP contribution is -2.14. The first-order chi connectivity index (χ1) is 11.6. The van der Waals surface area contributed by atoms with E-state index in [9.17, 15) is 4.79 Å². The molecule has 4 rings (SSSR count). The zero-order valence-electron chi connectivity index (χ0n) is 13.7. The van der Waals surface area contributed by atoms with E-state index in [4.69, 9.17) is 4.42 Å². The molecule has 4 heteroatoms. The monoisotopic (exact) mass is 318 g/mol. The molecule has 0 unspecified atom stereocenters. The molecule has 2 heterocycles. The fraction of sp³-hybridized carbons (Fsp3) is 0.150. The Morgan fingerprint density at radius 3 is 2.92 bits per heavy atom. The molecule has 0 spiro atoms. The first-order valence-electron chi connectivity index (χ1n) is 7.92.